The average Bonchev–Trinajstić information content (AvgIpc) is 1.86. The molecule has 1 unspecified atom stereocenters. The summed E-state index contributed by atoms with van der Waals surface area (Å²) in [7, 11) is 0. The lowest BCUT2D eigenvalue weighted by molar-refractivity contribution is 0.118. The largest absolute Gasteiger partial charge is 0.341 e. The van der Waals surface area contributed by atoms with Crippen molar-refractivity contribution in [2.24, 2.45) is 22.2 Å². The molecule has 0 N–H and O–H groups in total. The van der Waals surface area contributed by atoms with Crippen molar-refractivity contribution in [2.75, 3.05) is 0 Å². The smallest absolute Gasteiger partial charge is 0.126 e. The lowest BCUT2D eigenvalue weighted by Crippen LogP contribution is -2.29. The normalized spacial score (nSPS) is 16.4. The van der Waals surface area contributed by atoms with E-state index < -0.39 is 6.00 Å². The molecule has 0 aliphatic rings. The molecule has 0 fully saturated rings. The SMILES string of the molecule is CC(CC(C)(C)CC(C)(C)CC(C)(C)C)C[Si](Cl)(Cl)Cl. The zero-order chi connectivity index (χ0) is 16.4. The molecule has 0 rings (SSSR count). The molecule has 4 heteroatoms. The number of hydrogen-bond acceptors (Lipinski definition) is 0. The lowest BCUT2D eigenvalue weighted by Gasteiger charge is -2.40. The highest BCUT2D eigenvalue weighted by molar-refractivity contribution is 7.64. The summed E-state index contributed by atoms with van der Waals surface area (Å²) in [6.07, 6.45) is 3.57. The van der Waals surface area contributed by atoms with E-state index in [-0.39, 0.29) is 0 Å². The van der Waals surface area contributed by atoms with Gasteiger partial charge in [0.05, 0.1) is 0 Å². The molecule has 0 aliphatic heterocycles. The molecule has 0 heterocycles. The molecule has 1 atom stereocenters. The Labute approximate surface area is 142 Å². The molecule has 0 amide bonds. The Kier molecular flexibility index (Phi) is 7.49. The Hall–Kier alpha value is 1.09. The Morgan fingerprint density at radius 2 is 1.25 bits per heavy atom. The molecular formula is C16H33Cl3Si. The van der Waals surface area contributed by atoms with E-state index in [9.17, 15) is 0 Å². The summed E-state index contributed by atoms with van der Waals surface area (Å²) in [5.41, 5.74) is 1.01. The van der Waals surface area contributed by atoms with Crippen molar-refractivity contribution < 1.29 is 0 Å². The zero-order valence-electron chi connectivity index (χ0n) is 14.5. The van der Waals surface area contributed by atoms with Crippen molar-refractivity contribution in [3.63, 3.8) is 0 Å². The van der Waals surface area contributed by atoms with E-state index in [1.165, 1.54) is 12.8 Å². The van der Waals surface area contributed by atoms with Crippen LogP contribution in [0.4, 0.5) is 0 Å². The van der Waals surface area contributed by atoms with Crippen molar-refractivity contribution in [1.82, 2.24) is 0 Å². The maximum Gasteiger partial charge on any atom is 0.341 e. The van der Waals surface area contributed by atoms with Gasteiger partial charge in [0.25, 0.3) is 0 Å². The van der Waals surface area contributed by atoms with Gasteiger partial charge in [0, 0.05) is 0 Å². The summed E-state index contributed by atoms with van der Waals surface area (Å²) < 4.78 is 0. The lowest BCUT2D eigenvalue weighted by atomic mass is 9.66. The fourth-order valence-electron chi connectivity index (χ4n) is 4.28. The van der Waals surface area contributed by atoms with Crippen molar-refractivity contribution in [2.45, 2.75) is 80.7 Å². The first-order chi connectivity index (χ1) is 8.52. The monoisotopic (exact) mass is 358 g/mol. The van der Waals surface area contributed by atoms with Crippen LogP contribution in [-0.4, -0.2) is 6.00 Å². The Bertz CT molecular complexity index is 298. The van der Waals surface area contributed by atoms with Crippen molar-refractivity contribution in [3.8, 4) is 0 Å². The number of halogens is 3. The van der Waals surface area contributed by atoms with Crippen LogP contribution in [0.1, 0.15) is 74.7 Å². The van der Waals surface area contributed by atoms with E-state index in [0.29, 0.717) is 22.2 Å². The standard InChI is InChI=1S/C16H33Cl3Si/c1-13(10-20(17,18)19)9-15(5,6)12-16(7,8)11-14(2,3)4/h13H,9-12H2,1-8H3. The van der Waals surface area contributed by atoms with Crippen LogP contribution in [0.5, 0.6) is 0 Å². The van der Waals surface area contributed by atoms with Gasteiger partial charge in [0.1, 0.15) is 0 Å². The molecule has 0 aliphatic carbocycles. The third-order valence-corrected chi connectivity index (χ3v) is 6.00. The summed E-state index contributed by atoms with van der Waals surface area (Å²) in [6, 6.07) is -1.74. The third kappa shape index (κ3) is 11.7. The Morgan fingerprint density at radius 3 is 1.60 bits per heavy atom. The van der Waals surface area contributed by atoms with Gasteiger partial charge < -0.3 is 0 Å². The van der Waals surface area contributed by atoms with Gasteiger partial charge in [0.15, 0.2) is 0 Å². The predicted molar refractivity (Wildman–Crippen MR) is 98.2 cm³/mol. The van der Waals surface area contributed by atoms with Gasteiger partial charge in [-0.1, -0.05) is 55.4 Å². The van der Waals surface area contributed by atoms with Crippen LogP contribution in [0.15, 0.2) is 0 Å². The molecule has 0 saturated heterocycles. The van der Waals surface area contributed by atoms with Crippen LogP contribution in [0, 0.1) is 22.2 Å². The fraction of sp³-hybridized carbons (Fsp3) is 1.00. The second-order valence-corrected chi connectivity index (χ2v) is 18.6. The molecular weight excluding hydrogens is 327 g/mol. The molecule has 0 aromatic heterocycles. The summed E-state index contributed by atoms with van der Waals surface area (Å²) in [4.78, 5) is 0. The first-order valence-electron chi connectivity index (χ1n) is 7.58. The minimum absolute atomic E-state index is 0.290. The van der Waals surface area contributed by atoms with E-state index in [1.807, 2.05) is 0 Å². The highest BCUT2D eigenvalue weighted by Crippen LogP contribution is 2.45. The Balaban J connectivity index is 4.58. The molecule has 0 nitrogen and oxygen atoms in total. The van der Waals surface area contributed by atoms with Crippen molar-refractivity contribution in [3.05, 3.63) is 0 Å². The molecule has 122 valence electrons. The van der Waals surface area contributed by atoms with E-state index >= 15 is 0 Å². The first kappa shape index (κ1) is 21.1. The van der Waals surface area contributed by atoms with E-state index in [2.05, 4.69) is 55.4 Å². The van der Waals surface area contributed by atoms with Crippen molar-refractivity contribution >= 4 is 39.2 Å². The first-order valence-corrected chi connectivity index (χ1v) is 12.8. The maximum atomic E-state index is 6.05. The van der Waals surface area contributed by atoms with Crippen molar-refractivity contribution in [1.29, 1.82) is 0 Å². The van der Waals surface area contributed by atoms with Crippen LogP contribution in [-0.2, 0) is 0 Å². The number of rotatable bonds is 7. The van der Waals surface area contributed by atoms with Gasteiger partial charge in [-0.25, -0.2) is 0 Å². The van der Waals surface area contributed by atoms with E-state index in [0.717, 1.165) is 12.5 Å². The molecule has 0 bridgehead atoms. The van der Waals surface area contributed by atoms with Crippen LogP contribution >= 0.6 is 33.2 Å². The quantitative estimate of drug-likeness (QED) is 0.325. The second-order valence-electron chi connectivity index (χ2n) is 9.37. The van der Waals surface area contributed by atoms with Gasteiger partial charge in [-0.15, -0.1) is 33.2 Å². The summed E-state index contributed by atoms with van der Waals surface area (Å²) in [6.45, 7) is 18.6. The van der Waals surface area contributed by atoms with Gasteiger partial charge in [-0.3, -0.25) is 0 Å². The van der Waals surface area contributed by atoms with E-state index in [1.54, 1.807) is 0 Å². The Morgan fingerprint density at radius 1 is 0.800 bits per heavy atom. The van der Waals surface area contributed by atoms with Crippen LogP contribution in [0.2, 0.25) is 6.04 Å². The van der Waals surface area contributed by atoms with Gasteiger partial charge in [-0.2, -0.15) is 0 Å². The fourth-order valence-corrected chi connectivity index (χ4v) is 7.58. The minimum atomic E-state index is -2.50. The molecule has 20 heavy (non-hydrogen) atoms. The van der Waals surface area contributed by atoms with Gasteiger partial charge >= 0.3 is 6.00 Å². The average molecular weight is 360 g/mol. The van der Waals surface area contributed by atoms with Crippen LogP contribution in [0.25, 0.3) is 0 Å². The summed E-state index contributed by atoms with van der Waals surface area (Å²) in [5.74, 6) is 0.481. The molecule has 0 spiro atoms. The van der Waals surface area contributed by atoms with Crippen LogP contribution in [0.3, 0.4) is 0 Å². The topological polar surface area (TPSA) is 0 Å². The third-order valence-electron chi connectivity index (χ3n) is 3.45. The molecule has 0 aromatic rings. The molecule has 0 radical (unpaired) electrons. The van der Waals surface area contributed by atoms with Gasteiger partial charge in [-0.05, 0) is 47.5 Å². The predicted octanol–water partition coefficient (Wildman–Crippen LogP) is 7.55. The minimum Gasteiger partial charge on any atom is -0.126 e. The highest BCUT2D eigenvalue weighted by Gasteiger charge is 2.35. The second kappa shape index (κ2) is 7.11. The maximum absolute atomic E-state index is 6.05. The highest BCUT2D eigenvalue weighted by atomic mass is 35.8. The van der Waals surface area contributed by atoms with E-state index in [4.69, 9.17) is 33.2 Å². The zero-order valence-corrected chi connectivity index (χ0v) is 17.8. The summed E-state index contributed by atoms with van der Waals surface area (Å²) in [5, 5.41) is 0. The number of hydrogen-bond donors (Lipinski definition) is 0. The molecule has 0 saturated carbocycles. The molecule has 0 aromatic carbocycles. The van der Waals surface area contributed by atoms with Gasteiger partial charge in [0.2, 0.25) is 0 Å². The van der Waals surface area contributed by atoms with Crippen LogP contribution < -0.4 is 0 Å². The summed E-state index contributed by atoms with van der Waals surface area (Å²) >= 11 is 18.1.